The van der Waals surface area contributed by atoms with Crippen molar-refractivity contribution in [2.75, 3.05) is 6.61 Å². The number of esters is 1. The van der Waals surface area contributed by atoms with E-state index in [9.17, 15) is 4.79 Å². The lowest BCUT2D eigenvalue weighted by Crippen LogP contribution is -2.01. The molecule has 0 aromatic carbocycles. The molecule has 0 atom stereocenters. The van der Waals surface area contributed by atoms with Crippen molar-refractivity contribution in [2.24, 2.45) is 0 Å². The zero-order valence-corrected chi connectivity index (χ0v) is 9.87. The third kappa shape index (κ3) is 10.9. The summed E-state index contributed by atoms with van der Waals surface area (Å²) in [4.78, 5) is 10.9. The second-order valence-electron chi connectivity index (χ2n) is 3.33. The molecule has 15 heavy (non-hydrogen) atoms. The summed E-state index contributed by atoms with van der Waals surface area (Å²) in [5, 5.41) is 0. The number of hydrogen-bond donors (Lipinski definition) is 0. The van der Waals surface area contributed by atoms with Crippen molar-refractivity contribution < 1.29 is 9.53 Å². The Kier molecular flexibility index (Phi) is 10.3. The van der Waals surface area contributed by atoms with Crippen LogP contribution in [0.1, 0.15) is 46.0 Å². The molecule has 0 N–H and O–H groups in total. The zero-order chi connectivity index (χ0) is 11.4. The van der Waals surface area contributed by atoms with Gasteiger partial charge in [-0.25, -0.2) is 0 Å². The van der Waals surface area contributed by atoms with Gasteiger partial charge in [0.25, 0.3) is 0 Å². The van der Waals surface area contributed by atoms with Crippen LogP contribution in [0.25, 0.3) is 0 Å². The van der Waals surface area contributed by atoms with Gasteiger partial charge < -0.3 is 4.74 Å². The number of allylic oxidation sites excluding steroid dienone is 3. The highest BCUT2D eigenvalue weighted by atomic mass is 16.5. The van der Waals surface area contributed by atoms with Crippen LogP contribution < -0.4 is 0 Å². The van der Waals surface area contributed by atoms with E-state index in [4.69, 9.17) is 4.74 Å². The molecule has 0 aromatic rings. The minimum absolute atomic E-state index is 0.149. The summed E-state index contributed by atoms with van der Waals surface area (Å²) in [7, 11) is 0. The maximum Gasteiger partial charge on any atom is 0.309 e. The Morgan fingerprint density at radius 2 is 1.87 bits per heavy atom. The van der Waals surface area contributed by atoms with Gasteiger partial charge in [-0.1, -0.05) is 44.1 Å². The fraction of sp³-hybridized carbons (Fsp3) is 0.615. The van der Waals surface area contributed by atoms with Crippen molar-refractivity contribution in [2.45, 2.75) is 46.0 Å². The molecule has 0 saturated heterocycles. The third-order valence-electron chi connectivity index (χ3n) is 1.92. The van der Waals surface area contributed by atoms with Crippen LogP contribution >= 0.6 is 0 Å². The Morgan fingerprint density at radius 3 is 2.53 bits per heavy atom. The van der Waals surface area contributed by atoms with Crippen LogP contribution in [0.4, 0.5) is 0 Å². The first-order valence-corrected chi connectivity index (χ1v) is 5.76. The molecule has 0 spiro atoms. The first-order chi connectivity index (χ1) is 7.31. The molecule has 0 saturated carbocycles. The van der Waals surface area contributed by atoms with Gasteiger partial charge in [0.1, 0.15) is 0 Å². The lowest BCUT2D eigenvalue weighted by Gasteiger charge is -1.95. The maximum absolute atomic E-state index is 10.9. The topological polar surface area (TPSA) is 26.3 Å². The van der Waals surface area contributed by atoms with Crippen molar-refractivity contribution >= 4 is 5.97 Å². The molecular formula is C13H22O2. The number of unbranched alkanes of at least 4 members (excludes halogenated alkanes) is 2. The van der Waals surface area contributed by atoms with Gasteiger partial charge in [0.05, 0.1) is 13.0 Å². The average Bonchev–Trinajstić information content (AvgIpc) is 2.22. The molecule has 0 radical (unpaired) electrons. The smallest absolute Gasteiger partial charge is 0.309 e. The van der Waals surface area contributed by atoms with Crippen molar-refractivity contribution in [1.82, 2.24) is 0 Å². The molecule has 2 nitrogen and oxygen atoms in total. The Labute approximate surface area is 93.0 Å². The van der Waals surface area contributed by atoms with E-state index in [1.54, 1.807) is 0 Å². The van der Waals surface area contributed by atoms with Crippen LogP contribution in [0, 0.1) is 0 Å². The van der Waals surface area contributed by atoms with Crippen molar-refractivity contribution in [3.8, 4) is 0 Å². The van der Waals surface area contributed by atoms with Gasteiger partial charge in [-0.3, -0.25) is 4.79 Å². The van der Waals surface area contributed by atoms with E-state index in [1.165, 1.54) is 12.8 Å². The Hall–Kier alpha value is -1.05. The Morgan fingerprint density at radius 1 is 1.13 bits per heavy atom. The fourth-order valence-corrected chi connectivity index (χ4v) is 1.11. The predicted molar refractivity (Wildman–Crippen MR) is 63.7 cm³/mol. The molecule has 0 fully saturated rings. The van der Waals surface area contributed by atoms with Crippen LogP contribution in [0.2, 0.25) is 0 Å². The van der Waals surface area contributed by atoms with Crippen LogP contribution in [0.15, 0.2) is 24.3 Å². The van der Waals surface area contributed by atoms with Crippen LogP contribution in [0.5, 0.6) is 0 Å². The minimum Gasteiger partial charge on any atom is -0.466 e. The molecule has 0 aliphatic heterocycles. The molecule has 0 aliphatic rings. The molecule has 0 unspecified atom stereocenters. The summed E-state index contributed by atoms with van der Waals surface area (Å²) >= 11 is 0. The lowest BCUT2D eigenvalue weighted by atomic mass is 10.2. The van der Waals surface area contributed by atoms with E-state index in [0.717, 1.165) is 12.8 Å². The normalized spacial score (nSPS) is 11.3. The number of rotatable bonds is 8. The SMILES string of the molecule is CCCC/C=C/C/C=C/CC(=O)OCC. The van der Waals surface area contributed by atoms with Crippen molar-refractivity contribution in [3.05, 3.63) is 24.3 Å². The van der Waals surface area contributed by atoms with Gasteiger partial charge >= 0.3 is 5.97 Å². The Balaban J connectivity index is 3.38. The van der Waals surface area contributed by atoms with Gasteiger partial charge in [0, 0.05) is 0 Å². The first kappa shape index (κ1) is 13.9. The molecule has 86 valence electrons. The zero-order valence-electron chi connectivity index (χ0n) is 9.87. The quantitative estimate of drug-likeness (QED) is 0.347. The molecule has 0 bridgehead atoms. The van der Waals surface area contributed by atoms with Gasteiger partial charge in [-0.2, -0.15) is 0 Å². The number of ether oxygens (including phenoxy) is 1. The standard InChI is InChI=1S/C13H22O2/c1-3-5-6-7-8-9-10-11-12-13(14)15-4-2/h7-8,10-11H,3-6,9,12H2,1-2H3/b8-7+,11-10+. The monoisotopic (exact) mass is 210 g/mol. The molecule has 0 heterocycles. The van der Waals surface area contributed by atoms with E-state index < -0.39 is 0 Å². The second kappa shape index (κ2) is 11.0. The molecule has 0 aromatic heterocycles. The fourth-order valence-electron chi connectivity index (χ4n) is 1.11. The van der Waals surface area contributed by atoms with Gasteiger partial charge in [0.2, 0.25) is 0 Å². The van der Waals surface area contributed by atoms with E-state index in [2.05, 4.69) is 19.1 Å². The second-order valence-corrected chi connectivity index (χ2v) is 3.33. The van der Waals surface area contributed by atoms with E-state index >= 15 is 0 Å². The molecule has 0 aliphatic carbocycles. The van der Waals surface area contributed by atoms with Crippen LogP contribution in [-0.4, -0.2) is 12.6 Å². The molecular weight excluding hydrogens is 188 g/mol. The lowest BCUT2D eigenvalue weighted by molar-refractivity contribution is -0.142. The summed E-state index contributed by atoms with van der Waals surface area (Å²) < 4.78 is 4.79. The van der Waals surface area contributed by atoms with Crippen molar-refractivity contribution in [3.63, 3.8) is 0 Å². The largest absolute Gasteiger partial charge is 0.466 e. The van der Waals surface area contributed by atoms with E-state index in [0.29, 0.717) is 13.0 Å². The van der Waals surface area contributed by atoms with Gasteiger partial charge in [-0.15, -0.1) is 0 Å². The summed E-state index contributed by atoms with van der Waals surface area (Å²) in [6, 6.07) is 0. The van der Waals surface area contributed by atoms with Gasteiger partial charge in [-0.05, 0) is 19.8 Å². The highest BCUT2D eigenvalue weighted by Crippen LogP contribution is 1.97. The highest BCUT2D eigenvalue weighted by Gasteiger charge is 1.94. The summed E-state index contributed by atoms with van der Waals surface area (Å²) in [6.07, 6.45) is 13.1. The predicted octanol–water partition coefficient (Wildman–Crippen LogP) is 3.63. The maximum atomic E-state index is 10.9. The number of hydrogen-bond acceptors (Lipinski definition) is 2. The first-order valence-electron chi connectivity index (χ1n) is 5.76. The van der Waals surface area contributed by atoms with Crippen LogP contribution in [-0.2, 0) is 9.53 Å². The molecule has 2 heteroatoms. The Bertz CT molecular complexity index is 205. The summed E-state index contributed by atoms with van der Waals surface area (Å²) in [6.45, 7) is 4.47. The van der Waals surface area contributed by atoms with E-state index in [-0.39, 0.29) is 5.97 Å². The minimum atomic E-state index is -0.149. The van der Waals surface area contributed by atoms with E-state index in [1.807, 2.05) is 19.1 Å². The number of carbonyl (C=O) groups is 1. The molecule has 0 rings (SSSR count). The summed E-state index contributed by atoms with van der Waals surface area (Å²) in [5.41, 5.74) is 0. The molecule has 0 amide bonds. The number of carbonyl (C=O) groups excluding carboxylic acids is 1. The highest BCUT2D eigenvalue weighted by molar-refractivity contribution is 5.71. The third-order valence-corrected chi connectivity index (χ3v) is 1.92. The van der Waals surface area contributed by atoms with Crippen molar-refractivity contribution in [1.29, 1.82) is 0 Å². The van der Waals surface area contributed by atoms with Gasteiger partial charge in [0.15, 0.2) is 0 Å². The average molecular weight is 210 g/mol. The van der Waals surface area contributed by atoms with Crippen LogP contribution in [0.3, 0.4) is 0 Å². The summed E-state index contributed by atoms with van der Waals surface area (Å²) in [5.74, 6) is -0.149.